The Bertz CT molecular complexity index is 684. The van der Waals surface area contributed by atoms with Crippen LogP contribution in [0.15, 0.2) is 30.3 Å². The molecule has 4 nitrogen and oxygen atoms in total. The van der Waals surface area contributed by atoms with Gasteiger partial charge in [0.2, 0.25) is 0 Å². The maximum Gasteiger partial charge on any atom is 0.340 e. The molecular formula is C14H10F3NO3. The van der Waals surface area contributed by atoms with Gasteiger partial charge >= 0.3 is 5.97 Å². The molecule has 0 radical (unpaired) electrons. The van der Waals surface area contributed by atoms with Gasteiger partial charge in [-0.25, -0.2) is 18.0 Å². The minimum Gasteiger partial charge on any atom is -0.465 e. The molecule has 0 atom stereocenters. The predicted octanol–water partition coefficient (Wildman–Crippen LogP) is 3.27. The van der Waals surface area contributed by atoms with E-state index in [4.69, 9.17) is 10.5 Å². The third kappa shape index (κ3) is 3.25. The second-order valence-electron chi connectivity index (χ2n) is 4.07. The van der Waals surface area contributed by atoms with E-state index in [0.717, 1.165) is 31.4 Å². The zero-order chi connectivity index (χ0) is 15.6. The van der Waals surface area contributed by atoms with E-state index in [9.17, 15) is 18.0 Å². The number of carbonyl (C=O) groups is 1. The van der Waals surface area contributed by atoms with Gasteiger partial charge in [0.25, 0.3) is 0 Å². The SMILES string of the molecule is COC(=O)c1cc(Oc2cc(F)cc(F)c2)c(F)cc1N. The van der Waals surface area contributed by atoms with Crippen LogP contribution < -0.4 is 10.5 Å². The summed E-state index contributed by atoms with van der Waals surface area (Å²) in [6, 6.07) is 4.25. The molecule has 0 spiro atoms. The largest absolute Gasteiger partial charge is 0.465 e. The van der Waals surface area contributed by atoms with Crippen molar-refractivity contribution >= 4 is 11.7 Å². The number of hydrogen-bond acceptors (Lipinski definition) is 4. The van der Waals surface area contributed by atoms with Crippen molar-refractivity contribution in [3.63, 3.8) is 0 Å². The summed E-state index contributed by atoms with van der Waals surface area (Å²) in [4.78, 5) is 11.5. The van der Waals surface area contributed by atoms with Gasteiger partial charge in [-0.2, -0.15) is 0 Å². The lowest BCUT2D eigenvalue weighted by molar-refractivity contribution is 0.0601. The molecule has 0 saturated heterocycles. The molecule has 0 saturated carbocycles. The van der Waals surface area contributed by atoms with Gasteiger partial charge in [-0.1, -0.05) is 0 Å². The molecule has 0 aliphatic heterocycles. The zero-order valence-corrected chi connectivity index (χ0v) is 10.8. The topological polar surface area (TPSA) is 61.5 Å². The van der Waals surface area contributed by atoms with Crippen LogP contribution in [-0.4, -0.2) is 13.1 Å². The van der Waals surface area contributed by atoms with Gasteiger partial charge in [0.1, 0.15) is 17.4 Å². The Hall–Kier alpha value is -2.70. The van der Waals surface area contributed by atoms with Gasteiger partial charge in [-0.05, 0) is 0 Å². The molecule has 0 fully saturated rings. The molecule has 0 amide bonds. The number of esters is 1. The monoisotopic (exact) mass is 297 g/mol. The Morgan fingerprint density at radius 1 is 1.05 bits per heavy atom. The normalized spacial score (nSPS) is 10.3. The third-order valence-electron chi connectivity index (χ3n) is 2.57. The van der Waals surface area contributed by atoms with E-state index in [-0.39, 0.29) is 17.0 Å². The third-order valence-corrected chi connectivity index (χ3v) is 2.57. The highest BCUT2D eigenvalue weighted by atomic mass is 19.1. The van der Waals surface area contributed by atoms with Gasteiger partial charge in [-0.3, -0.25) is 0 Å². The average molecular weight is 297 g/mol. The van der Waals surface area contributed by atoms with E-state index >= 15 is 0 Å². The van der Waals surface area contributed by atoms with Crippen LogP contribution in [0.4, 0.5) is 18.9 Å². The van der Waals surface area contributed by atoms with E-state index < -0.39 is 29.2 Å². The van der Waals surface area contributed by atoms with Crippen LogP contribution in [0.3, 0.4) is 0 Å². The highest BCUT2D eigenvalue weighted by molar-refractivity contribution is 5.95. The summed E-state index contributed by atoms with van der Waals surface area (Å²) in [5.41, 5.74) is 5.23. The first-order valence-corrected chi connectivity index (χ1v) is 5.72. The molecule has 21 heavy (non-hydrogen) atoms. The molecule has 0 heterocycles. The minimum atomic E-state index is -0.884. The first-order chi connectivity index (χ1) is 9.90. The van der Waals surface area contributed by atoms with Crippen LogP contribution in [0.1, 0.15) is 10.4 Å². The lowest BCUT2D eigenvalue weighted by Crippen LogP contribution is -2.07. The van der Waals surface area contributed by atoms with Gasteiger partial charge in [0, 0.05) is 36.0 Å². The molecule has 0 unspecified atom stereocenters. The summed E-state index contributed by atoms with van der Waals surface area (Å²) >= 11 is 0. The predicted molar refractivity (Wildman–Crippen MR) is 68.6 cm³/mol. The summed E-state index contributed by atoms with van der Waals surface area (Å²) in [5.74, 6) is -4.10. The first-order valence-electron chi connectivity index (χ1n) is 5.72. The van der Waals surface area contributed by atoms with E-state index in [1.54, 1.807) is 0 Å². The van der Waals surface area contributed by atoms with Crippen LogP contribution in [0, 0.1) is 17.5 Å². The van der Waals surface area contributed by atoms with Crippen LogP contribution in [0.25, 0.3) is 0 Å². The van der Waals surface area contributed by atoms with E-state index in [1.165, 1.54) is 0 Å². The van der Waals surface area contributed by atoms with Gasteiger partial charge in [0.05, 0.1) is 12.7 Å². The lowest BCUT2D eigenvalue weighted by atomic mass is 10.1. The number of halogens is 3. The van der Waals surface area contributed by atoms with E-state index in [0.29, 0.717) is 6.07 Å². The molecule has 2 N–H and O–H groups in total. The number of rotatable bonds is 3. The van der Waals surface area contributed by atoms with Crippen molar-refractivity contribution in [3.05, 3.63) is 53.3 Å². The zero-order valence-electron chi connectivity index (χ0n) is 10.8. The van der Waals surface area contributed by atoms with Crippen molar-refractivity contribution in [1.29, 1.82) is 0 Å². The quantitative estimate of drug-likeness (QED) is 0.697. The summed E-state index contributed by atoms with van der Waals surface area (Å²) in [6.07, 6.45) is 0. The Balaban J connectivity index is 2.41. The summed E-state index contributed by atoms with van der Waals surface area (Å²) in [5, 5.41) is 0. The Labute approximate surface area is 117 Å². The fourth-order valence-corrected chi connectivity index (χ4v) is 1.65. The molecule has 2 aromatic carbocycles. The van der Waals surface area contributed by atoms with Crippen LogP contribution in [0.2, 0.25) is 0 Å². The maximum atomic E-state index is 13.7. The number of carbonyl (C=O) groups excluding carboxylic acids is 1. The van der Waals surface area contributed by atoms with Crippen molar-refractivity contribution in [2.45, 2.75) is 0 Å². The van der Waals surface area contributed by atoms with Gasteiger partial charge < -0.3 is 15.2 Å². The minimum absolute atomic E-state index is 0.120. The van der Waals surface area contributed by atoms with Gasteiger partial charge in [-0.15, -0.1) is 0 Å². The fraction of sp³-hybridized carbons (Fsp3) is 0.0714. The number of nitrogen functional groups attached to an aromatic ring is 1. The average Bonchev–Trinajstić information content (AvgIpc) is 2.40. The summed E-state index contributed by atoms with van der Waals surface area (Å²) in [6.45, 7) is 0. The van der Waals surface area contributed by atoms with Crippen LogP contribution >= 0.6 is 0 Å². The van der Waals surface area contributed by atoms with Crippen molar-refractivity contribution in [2.24, 2.45) is 0 Å². The number of ether oxygens (including phenoxy) is 2. The van der Waals surface area contributed by atoms with E-state index in [2.05, 4.69) is 4.74 Å². The molecule has 2 rings (SSSR count). The second kappa shape index (κ2) is 5.74. The fourth-order valence-electron chi connectivity index (χ4n) is 1.65. The second-order valence-corrected chi connectivity index (χ2v) is 4.07. The molecule has 0 aromatic heterocycles. The number of anilines is 1. The van der Waals surface area contributed by atoms with Crippen molar-refractivity contribution in [1.82, 2.24) is 0 Å². The maximum absolute atomic E-state index is 13.7. The first kappa shape index (κ1) is 14.7. The Morgan fingerprint density at radius 2 is 1.67 bits per heavy atom. The standard InChI is InChI=1S/C14H10F3NO3/c1-20-14(19)10-5-13(11(17)6-12(10)18)21-9-3-7(15)2-8(16)4-9/h2-6H,18H2,1H3. The highest BCUT2D eigenvalue weighted by Crippen LogP contribution is 2.29. The Morgan fingerprint density at radius 3 is 2.24 bits per heavy atom. The summed E-state index contributed by atoms with van der Waals surface area (Å²) < 4.78 is 49.4. The lowest BCUT2D eigenvalue weighted by Gasteiger charge is -2.10. The number of methoxy groups -OCH3 is 1. The smallest absolute Gasteiger partial charge is 0.340 e. The molecule has 110 valence electrons. The van der Waals surface area contributed by atoms with Crippen molar-refractivity contribution in [3.8, 4) is 11.5 Å². The molecule has 0 bridgehead atoms. The van der Waals surface area contributed by atoms with E-state index in [1.807, 2.05) is 0 Å². The van der Waals surface area contributed by atoms with Crippen molar-refractivity contribution in [2.75, 3.05) is 12.8 Å². The van der Waals surface area contributed by atoms with Gasteiger partial charge in [0.15, 0.2) is 11.6 Å². The van der Waals surface area contributed by atoms with Crippen LogP contribution in [0.5, 0.6) is 11.5 Å². The Kier molecular flexibility index (Phi) is 4.02. The molecular weight excluding hydrogens is 287 g/mol. The molecule has 2 aromatic rings. The molecule has 7 heteroatoms. The number of benzene rings is 2. The number of nitrogens with two attached hydrogens (primary N) is 1. The van der Waals surface area contributed by atoms with Crippen LogP contribution in [-0.2, 0) is 4.74 Å². The summed E-state index contributed by atoms with van der Waals surface area (Å²) in [7, 11) is 1.13. The van der Waals surface area contributed by atoms with Crippen molar-refractivity contribution < 1.29 is 27.4 Å². The molecule has 0 aliphatic rings. The number of hydrogen-bond donors (Lipinski definition) is 1. The highest BCUT2D eigenvalue weighted by Gasteiger charge is 2.16. The molecule has 0 aliphatic carbocycles.